The number of rotatable bonds is 11. The average molecular weight is 1580 g/mol. The van der Waals surface area contributed by atoms with E-state index < -0.39 is 0 Å². The SMILES string of the molecule is c1ccc(-n2c3ccccc3c3ccc(N(c4ccc5c(c4)-c4ccccc4C54C5CC6CC7CC4C7(C6)C5)c4ccc5c(c4)c4ccccc4n5-c4ccc(-c5ccc6c7ccc(N(c8ccc9c(c8)-c8ccccc8C98C9CC%10CC(C9)CC8C%10)c8ccc9c%10ccccc%10n(-c%10ccccc%10)c9c8)cc7n(-c7ccccc7)c6c5)cc4)cc32)cc1. The highest BCUT2D eigenvalue weighted by molar-refractivity contribution is 6.15. The first-order valence-corrected chi connectivity index (χ1v) is 45.4. The number of benzene rings is 16. The number of fused-ring (bicyclic) bond motifs is 24. The molecule has 0 aliphatic heterocycles. The van der Waals surface area contributed by atoms with E-state index in [1.807, 2.05) is 0 Å². The van der Waals surface area contributed by atoms with Crippen LogP contribution in [0.2, 0.25) is 0 Å². The molecule has 10 aliphatic carbocycles. The summed E-state index contributed by atoms with van der Waals surface area (Å²) >= 11 is 0. The van der Waals surface area contributed by atoms with Gasteiger partial charge in [-0.05, 0) is 324 Å². The molecule has 6 nitrogen and oxygen atoms in total. The highest BCUT2D eigenvalue weighted by Gasteiger charge is 2.77. The minimum Gasteiger partial charge on any atom is -0.310 e. The fraction of sp³-hybridized carbons (Fsp3) is 0.179. The van der Waals surface area contributed by atoms with Crippen molar-refractivity contribution in [3.63, 3.8) is 0 Å². The second kappa shape index (κ2) is 24.8. The molecule has 123 heavy (non-hydrogen) atoms. The van der Waals surface area contributed by atoms with Gasteiger partial charge in [-0.2, -0.15) is 0 Å². The Bertz CT molecular complexity index is 7900. The molecular weight excluding hydrogens is 1490 g/mol. The van der Waals surface area contributed by atoms with Crippen molar-refractivity contribution in [1.29, 1.82) is 0 Å². The highest BCUT2D eigenvalue weighted by Crippen LogP contribution is 2.84. The topological polar surface area (TPSA) is 26.2 Å². The van der Waals surface area contributed by atoms with E-state index in [0.717, 1.165) is 80.6 Å². The minimum atomic E-state index is 0.0700. The average Bonchev–Trinajstić information content (AvgIpc) is 1.46. The predicted octanol–water partition coefficient (Wildman–Crippen LogP) is 30.1. The van der Waals surface area contributed by atoms with Gasteiger partial charge in [0.05, 0.1) is 44.1 Å². The van der Waals surface area contributed by atoms with Crippen LogP contribution < -0.4 is 9.80 Å². The summed E-state index contributed by atoms with van der Waals surface area (Å²) in [7, 11) is 0. The maximum Gasteiger partial charge on any atom is 0.0561 e. The fourth-order valence-electron chi connectivity index (χ4n) is 29.1. The smallest absolute Gasteiger partial charge is 0.0561 e. The van der Waals surface area contributed by atoms with Crippen molar-refractivity contribution in [1.82, 2.24) is 18.3 Å². The summed E-state index contributed by atoms with van der Waals surface area (Å²) < 4.78 is 9.95. The predicted molar refractivity (Wildman–Crippen MR) is 508 cm³/mol. The van der Waals surface area contributed by atoms with Crippen molar-refractivity contribution in [2.45, 2.75) is 75.0 Å². The van der Waals surface area contributed by atoms with E-state index in [4.69, 9.17) is 0 Å². The second-order valence-electron chi connectivity index (χ2n) is 38.4. The third-order valence-electron chi connectivity index (χ3n) is 33.2. The molecule has 6 heteroatoms. The molecule has 0 radical (unpaired) electrons. The molecule has 8 fully saturated rings. The Hall–Kier alpha value is -13.7. The minimum absolute atomic E-state index is 0.0700. The molecule has 30 rings (SSSR count). The molecule has 6 atom stereocenters. The lowest BCUT2D eigenvalue weighted by Crippen LogP contribution is -2.55. The van der Waals surface area contributed by atoms with Gasteiger partial charge >= 0.3 is 0 Å². The molecule has 16 aromatic carbocycles. The first-order chi connectivity index (χ1) is 60.9. The molecule has 0 saturated heterocycles. The Morgan fingerprint density at radius 2 is 0.569 bits per heavy atom. The number of aromatic nitrogens is 4. The molecule has 6 unspecified atom stereocenters. The largest absolute Gasteiger partial charge is 0.310 e. The van der Waals surface area contributed by atoms with Gasteiger partial charge in [-0.1, -0.05) is 212 Å². The lowest BCUT2D eigenvalue weighted by Gasteiger charge is -2.61. The van der Waals surface area contributed by atoms with E-state index in [9.17, 15) is 0 Å². The summed E-state index contributed by atoms with van der Waals surface area (Å²) in [5.74, 6) is 6.36. The molecule has 7 bridgehead atoms. The number of para-hydroxylation sites is 6. The quantitative estimate of drug-likeness (QED) is 0.129. The Kier molecular flexibility index (Phi) is 13.7. The summed E-state index contributed by atoms with van der Waals surface area (Å²) in [5, 5.41) is 9.88. The molecule has 8 saturated carbocycles. The van der Waals surface area contributed by atoms with Gasteiger partial charge in [-0.15, -0.1) is 0 Å². The standard InChI is InChI=1S/C117H88N6/c1-4-20-80(21-5-1)121-106-33-17-12-28-92(106)96-48-41-87(66-111(96)121)118(84-45-52-105-100(64-84)91-27-11-16-32-103(91)117(105)79-60-73-59-76-62-114(117)115(76,69-73)70-79)86-46-53-109-101(65-86)94-30-14-19-35-108(94)120(109)83-39-36-74(37-40-83)75-38-47-95-98-50-43-89(68-113(98)123(110(95)61-75)82-24-8-3-9-25-82)119(88-42-49-97-93-29-13-18-34-107(93)122(112(97)67-88)81-22-6-2-7-23-81)85-44-51-104-99(63-85)90-26-10-15-31-102(90)116(104)77-55-71-54-72(57-77)58-78(116)56-71/h1-53,61,63-68,71-73,76-79,114H,54-60,62,69-70H2. The molecule has 3 spiro atoms. The summed E-state index contributed by atoms with van der Waals surface area (Å²) in [6.07, 6.45) is 14.0. The Morgan fingerprint density at radius 1 is 0.211 bits per heavy atom. The van der Waals surface area contributed by atoms with Crippen LogP contribution in [0.25, 0.3) is 143 Å². The summed E-state index contributed by atoms with van der Waals surface area (Å²) in [6, 6.07) is 140. The zero-order valence-electron chi connectivity index (χ0n) is 68.5. The van der Waals surface area contributed by atoms with Crippen molar-refractivity contribution in [3.05, 3.63) is 386 Å². The first kappa shape index (κ1) is 68.0. The van der Waals surface area contributed by atoms with Crippen molar-refractivity contribution in [2.24, 2.45) is 52.8 Å². The van der Waals surface area contributed by atoms with Crippen LogP contribution in [0.4, 0.5) is 34.1 Å². The van der Waals surface area contributed by atoms with Crippen LogP contribution in [-0.4, -0.2) is 18.3 Å². The van der Waals surface area contributed by atoms with Gasteiger partial charge in [-0.25, -0.2) is 0 Å². The van der Waals surface area contributed by atoms with Crippen molar-refractivity contribution in [2.75, 3.05) is 9.80 Å². The van der Waals surface area contributed by atoms with E-state index in [1.54, 1.807) is 22.3 Å². The maximum absolute atomic E-state index is 2.62. The third kappa shape index (κ3) is 9.03. The van der Waals surface area contributed by atoms with Gasteiger partial charge in [0, 0.05) is 111 Å². The van der Waals surface area contributed by atoms with Crippen LogP contribution in [0.1, 0.15) is 86.5 Å². The Labute approximate surface area is 714 Å². The zero-order chi connectivity index (χ0) is 79.9. The monoisotopic (exact) mass is 1580 g/mol. The summed E-state index contributed by atoms with van der Waals surface area (Å²) in [6.45, 7) is 0. The number of nitrogens with zero attached hydrogens (tertiary/aromatic N) is 6. The van der Waals surface area contributed by atoms with E-state index in [-0.39, 0.29) is 10.8 Å². The van der Waals surface area contributed by atoms with E-state index in [1.165, 1.54) is 191 Å². The molecular formula is C117H88N6. The molecule has 586 valence electrons. The van der Waals surface area contributed by atoms with Crippen molar-refractivity contribution in [3.8, 4) is 56.1 Å². The lowest BCUT2D eigenvalue weighted by molar-refractivity contribution is -0.0399. The van der Waals surface area contributed by atoms with Crippen LogP contribution in [0.3, 0.4) is 0 Å². The van der Waals surface area contributed by atoms with Crippen molar-refractivity contribution >= 4 is 121 Å². The number of anilines is 6. The summed E-state index contributed by atoms with van der Waals surface area (Å²) in [4.78, 5) is 5.15. The Balaban J connectivity index is 0.564. The normalized spacial score (nSPS) is 23.7. The van der Waals surface area contributed by atoms with Crippen LogP contribution in [0.15, 0.2) is 364 Å². The van der Waals surface area contributed by atoms with Crippen LogP contribution in [0, 0.1) is 52.8 Å². The van der Waals surface area contributed by atoms with E-state index in [0.29, 0.717) is 23.2 Å². The molecule has 0 amide bonds. The lowest BCUT2D eigenvalue weighted by atomic mass is 9.43. The number of hydrogen-bond donors (Lipinski definition) is 0. The third-order valence-corrected chi connectivity index (χ3v) is 33.2. The van der Waals surface area contributed by atoms with E-state index in [2.05, 4.69) is 392 Å². The molecule has 0 N–H and O–H groups in total. The molecule has 4 aromatic heterocycles. The van der Waals surface area contributed by atoms with Crippen LogP contribution >= 0.6 is 0 Å². The van der Waals surface area contributed by atoms with Gasteiger partial charge in [0.2, 0.25) is 0 Å². The van der Waals surface area contributed by atoms with Gasteiger partial charge in [0.15, 0.2) is 0 Å². The van der Waals surface area contributed by atoms with E-state index >= 15 is 0 Å². The van der Waals surface area contributed by atoms with Crippen LogP contribution in [-0.2, 0) is 10.8 Å². The maximum atomic E-state index is 2.62. The highest BCUT2D eigenvalue weighted by atomic mass is 15.2. The van der Waals surface area contributed by atoms with Gasteiger partial charge in [0.25, 0.3) is 0 Å². The Morgan fingerprint density at radius 3 is 1.11 bits per heavy atom. The molecule has 4 heterocycles. The van der Waals surface area contributed by atoms with Gasteiger partial charge in [-0.3, -0.25) is 0 Å². The molecule has 10 aliphatic rings. The van der Waals surface area contributed by atoms with Gasteiger partial charge in [0.1, 0.15) is 0 Å². The summed E-state index contributed by atoms with van der Waals surface area (Å²) in [5.41, 5.74) is 36.0. The number of hydrogen-bond acceptors (Lipinski definition) is 2. The first-order valence-electron chi connectivity index (χ1n) is 45.4. The van der Waals surface area contributed by atoms with Crippen LogP contribution in [0.5, 0.6) is 0 Å². The van der Waals surface area contributed by atoms with Crippen molar-refractivity contribution < 1.29 is 0 Å². The molecule has 20 aromatic rings. The second-order valence-corrected chi connectivity index (χ2v) is 38.4. The van der Waals surface area contributed by atoms with Gasteiger partial charge < -0.3 is 28.1 Å². The fourth-order valence-corrected chi connectivity index (χ4v) is 29.1. The zero-order valence-corrected chi connectivity index (χ0v) is 68.5.